The molecule has 4 heterocycles. The molecule has 1 amide bonds. The van der Waals surface area contributed by atoms with Crippen molar-refractivity contribution in [1.82, 2.24) is 9.99 Å². The summed E-state index contributed by atoms with van der Waals surface area (Å²) >= 11 is 4.78. The Kier molecular flexibility index (Phi) is 4.96. The summed E-state index contributed by atoms with van der Waals surface area (Å²) in [5, 5.41) is 11.3. The highest BCUT2D eigenvalue weighted by molar-refractivity contribution is 7.99. The molecule has 7 heteroatoms. The maximum absolute atomic E-state index is 12.8. The van der Waals surface area contributed by atoms with E-state index in [1.807, 2.05) is 41.1 Å². The van der Waals surface area contributed by atoms with Crippen LogP contribution in [0.15, 0.2) is 69.5 Å². The minimum Gasteiger partial charge on any atom is -0.272 e. The predicted octanol–water partition coefficient (Wildman–Crippen LogP) is 4.67. The van der Waals surface area contributed by atoms with Gasteiger partial charge in [0, 0.05) is 17.5 Å². The second-order valence-electron chi connectivity index (χ2n) is 5.45. The van der Waals surface area contributed by atoms with Crippen LogP contribution in [0.25, 0.3) is 0 Å². The van der Waals surface area contributed by atoms with Gasteiger partial charge < -0.3 is 0 Å². The van der Waals surface area contributed by atoms with Crippen molar-refractivity contribution < 1.29 is 4.79 Å². The van der Waals surface area contributed by atoms with E-state index in [9.17, 15) is 4.79 Å². The molecule has 3 aromatic rings. The van der Waals surface area contributed by atoms with Crippen molar-refractivity contribution in [2.45, 2.75) is 17.5 Å². The molecule has 4 nitrogen and oxygen atoms in total. The lowest BCUT2D eigenvalue weighted by Crippen LogP contribution is -2.28. The molecule has 4 rings (SSSR count). The van der Waals surface area contributed by atoms with Gasteiger partial charge in [-0.1, -0.05) is 30.0 Å². The smallest absolute Gasteiger partial charge is 0.253 e. The number of nitrogens with zero attached hydrogens (tertiary/aromatic N) is 3. The van der Waals surface area contributed by atoms with Crippen LogP contribution >= 0.6 is 34.4 Å². The first-order chi connectivity index (χ1) is 12.3. The molecule has 0 unspecified atom stereocenters. The quantitative estimate of drug-likeness (QED) is 0.599. The zero-order valence-electron chi connectivity index (χ0n) is 13.2. The van der Waals surface area contributed by atoms with E-state index < -0.39 is 0 Å². The molecule has 126 valence electrons. The second kappa shape index (κ2) is 7.51. The third kappa shape index (κ3) is 3.68. The lowest BCUT2D eigenvalue weighted by atomic mass is 10.1. The molecule has 0 saturated heterocycles. The van der Waals surface area contributed by atoms with Gasteiger partial charge in [0.25, 0.3) is 5.91 Å². The van der Waals surface area contributed by atoms with E-state index in [1.165, 1.54) is 16.6 Å². The summed E-state index contributed by atoms with van der Waals surface area (Å²) < 4.78 is 0. The van der Waals surface area contributed by atoms with Crippen LogP contribution in [-0.4, -0.2) is 27.4 Å². The van der Waals surface area contributed by atoms with Crippen molar-refractivity contribution in [2.75, 3.05) is 5.75 Å². The van der Waals surface area contributed by atoms with Gasteiger partial charge in [-0.25, -0.2) is 9.99 Å². The first-order valence-corrected chi connectivity index (χ1v) is 10.6. The van der Waals surface area contributed by atoms with Crippen molar-refractivity contribution in [3.63, 3.8) is 0 Å². The number of thiophene rings is 2. The molecule has 0 N–H and O–H groups in total. The van der Waals surface area contributed by atoms with Gasteiger partial charge in [0.1, 0.15) is 0 Å². The van der Waals surface area contributed by atoms with Crippen LogP contribution in [0.2, 0.25) is 0 Å². The number of rotatable bonds is 5. The van der Waals surface area contributed by atoms with Crippen molar-refractivity contribution in [1.29, 1.82) is 0 Å². The van der Waals surface area contributed by atoms with Crippen molar-refractivity contribution in [2.24, 2.45) is 5.10 Å². The summed E-state index contributed by atoms with van der Waals surface area (Å²) in [5.41, 5.74) is 0.990. The van der Waals surface area contributed by atoms with E-state index in [-0.39, 0.29) is 11.9 Å². The number of pyridine rings is 1. The summed E-state index contributed by atoms with van der Waals surface area (Å²) in [7, 11) is 0. The Balaban J connectivity index is 1.54. The number of carbonyl (C=O) groups is 1. The van der Waals surface area contributed by atoms with Gasteiger partial charge in [-0.2, -0.15) is 5.10 Å². The number of hydrogen-bond donors (Lipinski definition) is 0. The molecule has 3 aromatic heterocycles. The Morgan fingerprint density at radius 3 is 2.76 bits per heavy atom. The fourth-order valence-corrected chi connectivity index (χ4v) is 4.92. The number of thioether (sulfide) groups is 1. The standard InChI is InChI=1S/C18H15N3OS3/c22-18(12-25-17-7-1-2-8-19-17)21-14(16-6-4-10-24-16)11-13(20-21)15-5-3-9-23-15/h1-10,14H,11-12H2/t14-/m0/s1. The normalized spacial score (nSPS) is 16.9. The van der Waals surface area contributed by atoms with Crippen LogP contribution in [0.4, 0.5) is 0 Å². The Bertz CT molecular complexity index is 860. The van der Waals surface area contributed by atoms with Crippen LogP contribution in [0, 0.1) is 0 Å². The third-order valence-electron chi connectivity index (χ3n) is 3.82. The van der Waals surface area contributed by atoms with Gasteiger partial charge >= 0.3 is 0 Å². The predicted molar refractivity (Wildman–Crippen MR) is 104 cm³/mol. The first-order valence-electron chi connectivity index (χ1n) is 7.82. The number of hydrogen-bond acceptors (Lipinski definition) is 6. The summed E-state index contributed by atoms with van der Waals surface area (Å²) in [5.74, 6) is 0.348. The van der Waals surface area contributed by atoms with Crippen LogP contribution in [0.1, 0.15) is 22.2 Å². The number of amides is 1. The van der Waals surface area contributed by atoms with Gasteiger partial charge in [0.15, 0.2) is 0 Å². The Morgan fingerprint density at radius 1 is 1.16 bits per heavy atom. The number of hydrazone groups is 1. The van der Waals surface area contributed by atoms with E-state index in [2.05, 4.69) is 22.2 Å². The van der Waals surface area contributed by atoms with Crippen LogP contribution in [-0.2, 0) is 4.79 Å². The first kappa shape index (κ1) is 16.5. The molecule has 0 bridgehead atoms. The number of carbonyl (C=O) groups excluding carboxylic acids is 1. The van der Waals surface area contributed by atoms with E-state index in [0.717, 1.165) is 22.0 Å². The number of aromatic nitrogens is 1. The maximum Gasteiger partial charge on any atom is 0.253 e. The molecule has 0 saturated carbocycles. The van der Waals surface area contributed by atoms with Gasteiger partial charge in [-0.3, -0.25) is 4.79 Å². The third-order valence-corrected chi connectivity index (χ3v) is 6.65. The topological polar surface area (TPSA) is 45.6 Å². The molecule has 0 aliphatic carbocycles. The van der Waals surface area contributed by atoms with Crippen molar-refractivity contribution in [3.8, 4) is 0 Å². The monoisotopic (exact) mass is 385 g/mol. The maximum atomic E-state index is 12.8. The molecule has 1 aliphatic heterocycles. The average Bonchev–Trinajstić information content (AvgIpc) is 3.40. The summed E-state index contributed by atoms with van der Waals surface area (Å²) in [4.78, 5) is 19.4. The lowest BCUT2D eigenvalue weighted by molar-refractivity contribution is -0.130. The fraction of sp³-hybridized carbons (Fsp3) is 0.167. The van der Waals surface area contributed by atoms with E-state index in [1.54, 1.807) is 33.9 Å². The summed E-state index contributed by atoms with van der Waals surface area (Å²) in [6.45, 7) is 0. The molecule has 0 radical (unpaired) electrons. The fourth-order valence-electron chi connectivity index (χ4n) is 2.67. The molecular formula is C18H15N3OS3. The van der Waals surface area contributed by atoms with E-state index in [0.29, 0.717) is 5.75 Å². The average molecular weight is 386 g/mol. The minimum absolute atomic E-state index is 0.00562. The molecule has 1 atom stereocenters. The SMILES string of the molecule is O=C(CSc1ccccn1)N1N=C(c2cccs2)C[C@H]1c1cccs1. The zero-order valence-corrected chi connectivity index (χ0v) is 15.7. The summed E-state index contributed by atoms with van der Waals surface area (Å²) in [6.07, 6.45) is 2.51. The largest absolute Gasteiger partial charge is 0.272 e. The molecule has 25 heavy (non-hydrogen) atoms. The van der Waals surface area contributed by atoms with Gasteiger partial charge in [0.05, 0.1) is 27.4 Å². The molecular weight excluding hydrogens is 370 g/mol. The van der Waals surface area contributed by atoms with Gasteiger partial charge in [0.2, 0.25) is 0 Å². The highest BCUT2D eigenvalue weighted by atomic mass is 32.2. The highest BCUT2D eigenvalue weighted by Crippen LogP contribution is 2.36. The second-order valence-corrected chi connectivity index (χ2v) is 8.38. The van der Waals surface area contributed by atoms with Crippen molar-refractivity contribution in [3.05, 3.63) is 69.2 Å². The van der Waals surface area contributed by atoms with E-state index >= 15 is 0 Å². The Morgan fingerprint density at radius 2 is 2.04 bits per heavy atom. The summed E-state index contributed by atoms with van der Waals surface area (Å²) in [6, 6.07) is 13.9. The van der Waals surface area contributed by atoms with Crippen LogP contribution < -0.4 is 0 Å². The lowest BCUT2D eigenvalue weighted by Gasteiger charge is -2.20. The molecule has 1 aliphatic rings. The van der Waals surface area contributed by atoms with Crippen molar-refractivity contribution >= 4 is 46.1 Å². The molecule has 0 spiro atoms. The van der Waals surface area contributed by atoms with Crippen LogP contribution in [0.5, 0.6) is 0 Å². The Hall–Kier alpha value is -1.96. The van der Waals surface area contributed by atoms with Gasteiger partial charge in [-0.05, 0) is 35.0 Å². The van der Waals surface area contributed by atoms with E-state index in [4.69, 9.17) is 0 Å². The van der Waals surface area contributed by atoms with Gasteiger partial charge in [-0.15, -0.1) is 22.7 Å². The zero-order chi connectivity index (χ0) is 17.1. The highest BCUT2D eigenvalue weighted by Gasteiger charge is 2.33. The molecule has 0 fully saturated rings. The van der Waals surface area contributed by atoms with Crippen LogP contribution in [0.3, 0.4) is 0 Å². The molecule has 0 aromatic carbocycles. The Labute approximate surface area is 158 Å². The minimum atomic E-state index is -0.00562.